The number of pyridine rings is 1. The van der Waals surface area contributed by atoms with Crippen LogP contribution in [0.25, 0.3) is 22.5 Å². The van der Waals surface area contributed by atoms with Crippen molar-refractivity contribution >= 4 is 0 Å². The summed E-state index contributed by atoms with van der Waals surface area (Å²) in [6.45, 7) is 4.96. The number of nitrogens with zero attached hydrogens (tertiary/aromatic N) is 3. The molecular weight excluding hydrogens is 314 g/mol. The van der Waals surface area contributed by atoms with Crippen molar-refractivity contribution in [2.24, 2.45) is 0 Å². The van der Waals surface area contributed by atoms with E-state index in [9.17, 15) is 0 Å². The molecule has 0 N–H and O–H groups in total. The Balaban J connectivity index is 1.96. The predicted octanol–water partition coefficient (Wildman–Crippen LogP) is 3.80. The third kappa shape index (κ3) is 2.47. The van der Waals surface area contributed by atoms with E-state index in [4.69, 9.17) is 14.5 Å². The van der Waals surface area contributed by atoms with Crippen molar-refractivity contribution in [2.75, 3.05) is 14.2 Å². The van der Waals surface area contributed by atoms with E-state index in [0.717, 1.165) is 58.5 Å². The third-order valence-electron chi connectivity index (χ3n) is 4.81. The number of hydrogen-bond donors (Lipinski definition) is 0. The van der Waals surface area contributed by atoms with Crippen LogP contribution in [-0.2, 0) is 13.0 Å². The third-order valence-corrected chi connectivity index (χ3v) is 4.81. The zero-order chi connectivity index (χ0) is 17.6. The Kier molecular flexibility index (Phi) is 3.71. The zero-order valence-corrected chi connectivity index (χ0v) is 15.0. The fourth-order valence-corrected chi connectivity index (χ4v) is 3.50. The first-order chi connectivity index (χ1) is 12.1. The van der Waals surface area contributed by atoms with Crippen LogP contribution in [-0.4, -0.2) is 28.8 Å². The van der Waals surface area contributed by atoms with Gasteiger partial charge < -0.3 is 14.0 Å². The Bertz CT molecular complexity index is 943. The maximum Gasteiger partial charge on any atom is 0.161 e. The normalized spacial score (nSPS) is 12.5. The second-order valence-electron chi connectivity index (χ2n) is 6.31. The number of hydrogen-bond acceptors (Lipinski definition) is 4. The van der Waals surface area contributed by atoms with Gasteiger partial charge in [-0.1, -0.05) is 0 Å². The predicted molar refractivity (Wildman–Crippen MR) is 97.2 cm³/mol. The molecule has 3 aromatic rings. The molecule has 4 rings (SSSR count). The van der Waals surface area contributed by atoms with Crippen LogP contribution in [0.15, 0.2) is 30.5 Å². The van der Waals surface area contributed by atoms with Crippen molar-refractivity contribution in [1.82, 2.24) is 14.5 Å². The molecular formula is C20H21N3O2. The molecule has 128 valence electrons. The van der Waals surface area contributed by atoms with E-state index < -0.39 is 0 Å². The standard InChI is InChI=1S/C20H21N3O2/c1-12-5-6-15(11-21-12)19-20-16-10-18(25-4)17(24-3)9-14(16)7-8-23(20)13(2)22-19/h5-6,9-11H,7-8H2,1-4H3. The summed E-state index contributed by atoms with van der Waals surface area (Å²) < 4.78 is 13.3. The van der Waals surface area contributed by atoms with Gasteiger partial charge in [0.1, 0.15) is 5.82 Å². The highest BCUT2D eigenvalue weighted by atomic mass is 16.5. The van der Waals surface area contributed by atoms with Crippen LogP contribution in [0.5, 0.6) is 11.5 Å². The lowest BCUT2D eigenvalue weighted by atomic mass is 9.95. The van der Waals surface area contributed by atoms with Gasteiger partial charge in [0.05, 0.1) is 25.6 Å². The van der Waals surface area contributed by atoms with Gasteiger partial charge in [0.25, 0.3) is 0 Å². The molecule has 1 aromatic carbocycles. The fraction of sp³-hybridized carbons (Fsp3) is 0.300. The fourth-order valence-electron chi connectivity index (χ4n) is 3.50. The number of imidazole rings is 1. The van der Waals surface area contributed by atoms with Crippen LogP contribution in [0.3, 0.4) is 0 Å². The van der Waals surface area contributed by atoms with Gasteiger partial charge in [0, 0.05) is 29.6 Å². The van der Waals surface area contributed by atoms with Crippen LogP contribution in [0.4, 0.5) is 0 Å². The number of aryl methyl sites for hydroxylation is 3. The summed E-state index contributed by atoms with van der Waals surface area (Å²) in [6, 6.07) is 8.25. The molecule has 0 fully saturated rings. The summed E-state index contributed by atoms with van der Waals surface area (Å²) in [4.78, 5) is 9.28. The molecule has 1 aliphatic rings. The Hall–Kier alpha value is -2.82. The second-order valence-corrected chi connectivity index (χ2v) is 6.31. The molecule has 5 heteroatoms. The molecule has 0 atom stereocenters. The van der Waals surface area contributed by atoms with Crippen LogP contribution < -0.4 is 9.47 Å². The Morgan fingerprint density at radius 2 is 1.80 bits per heavy atom. The highest BCUT2D eigenvalue weighted by Crippen LogP contribution is 2.42. The van der Waals surface area contributed by atoms with E-state index >= 15 is 0 Å². The number of fused-ring (bicyclic) bond motifs is 3. The summed E-state index contributed by atoms with van der Waals surface area (Å²) in [5.74, 6) is 2.53. The van der Waals surface area contributed by atoms with Gasteiger partial charge in [-0.3, -0.25) is 4.98 Å². The Morgan fingerprint density at radius 1 is 1.04 bits per heavy atom. The van der Waals surface area contributed by atoms with E-state index in [1.807, 2.05) is 19.2 Å². The maximum absolute atomic E-state index is 5.52. The lowest BCUT2D eigenvalue weighted by Gasteiger charge is -2.22. The average molecular weight is 335 g/mol. The first kappa shape index (κ1) is 15.7. The number of ether oxygens (including phenoxy) is 2. The van der Waals surface area contributed by atoms with Gasteiger partial charge in [-0.15, -0.1) is 0 Å². The lowest BCUT2D eigenvalue weighted by molar-refractivity contribution is 0.354. The van der Waals surface area contributed by atoms with Crippen molar-refractivity contribution < 1.29 is 9.47 Å². The van der Waals surface area contributed by atoms with E-state index in [1.165, 1.54) is 5.56 Å². The SMILES string of the molecule is COc1cc2c(cc1OC)-c1c(-c3ccc(C)nc3)nc(C)n1CC2. The lowest BCUT2D eigenvalue weighted by Crippen LogP contribution is -2.12. The molecule has 0 saturated carbocycles. The Morgan fingerprint density at radius 3 is 2.48 bits per heavy atom. The minimum Gasteiger partial charge on any atom is -0.493 e. The number of benzene rings is 1. The first-order valence-corrected chi connectivity index (χ1v) is 8.37. The van der Waals surface area contributed by atoms with Gasteiger partial charge >= 0.3 is 0 Å². The molecule has 0 aliphatic carbocycles. The summed E-state index contributed by atoms with van der Waals surface area (Å²) >= 11 is 0. The molecule has 2 aromatic heterocycles. The highest BCUT2D eigenvalue weighted by molar-refractivity contribution is 5.82. The molecule has 0 saturated heterocycles. The van der Waals surface area contributed by atoms with Crippen LogP contribution >= 0.6 is 0 Å². The van der Waals surface area contributed by atoms with Crippen LogP contribution in [0, 0.1) is 13.8 Å². The largest absolute Gasteiger partial charge is 0.493 e. The van der Waals surface area contributed by atoms with Crippen molar-refractivity contribution in [2.45, 2.75) is 26.8 Å². The molecule has 0 amide bonds. The monoisotopic (exact) mass is 335 g/mol. The zero-order valence-electron chi connectivity index (χ0n) is 15.0. The van der Waals surface area contributed by atoms with E-state index in [2.05, 4.69) is 34.7 Å². The molecule has 0 bridgehead atoms. The summed E-state index contributed by atoms with van der Waals surface area (Å²) in [5, 5.41) is 0. The van der Waals surface area contributed by atoms with Crippen molar-refractivity contribution in [3.05, 3.63) is 47.5 Å². The second kappa shape index (κ2) is 5.92. The van der Waals surface area contributed by atoms with Gasteiger partial charge in [0.2, 0.25) is 0 Å². The molecule has 0 unspecified atom stereocenters. The molecule has 0 spiro atoms. The maximum atomic E-state index is 5.52. The van der Waals surface area contributed by atoms with E-state index in [1.54, 1.807) is 14.2 Å². The number of methoxy groups -OCH3 is 2. The molecule has 3 heterocycles. The van der Waals surface area contributed by atoms with E-state index in [-0.39, 0.29) is 0 Å². The summed E-state index contributed by atoms with van der Waals surface area (Å²) in [7, 11) is 3.34. The smallest absolute Gasteiger partial charge is 0.161 e. The molecule has 5 nitrogen and oxygen atoms in total. The van der Waals surface area contributed by atoms with Crippen LogP contribution in [0.1, 0.15) is 17.1 Å². The quantitative estimate of drug-likeness (QED) is 0.730. The van der Waals surface area contributed by atoms with Crippen molar-refractivity contribution in [3.8, 4) is 34.0 Å². The topological polar surface area (TPSA) is 49.2 Å². The molecule has 25 heavy (non-hydrogen) atoms. The average Bonchev–Trinajstić information content (AvgIpc) is 2.98. The molecule has 1 aliphatic heterocycles. The highest BCUT2D eigenvalue weighted by Gasteiger charge is 2.25. The number of rotatable bonds is 3. The van der Waals surface area contributed by atoms with Gasteiger partial charge in [0.15, 0.2) is 11.5 Å². The summed E-state index contributed by atoms with van der Waals surface area (Å²) in [5.41, 5.74) is 6.54. The van der Waals surface area contributed by atoms with Gasteiger partial charge in [-0.2, -0.15) is 0 Å². The minimum absolute atomic E-state index is 0.738. The molecule has 0 radical (unpaired) electrons. The van der Waals surface area contributed by atoms with Crippen LogP contribution in [0.2, 0.25) is 0 Å². The first-order valence-electron chi connectivity index (χ1n) is 8.37. The summed E-state index contributed by atoms with van der Waals surface area (Å²) in [6.07, 6.45) is 2.85. The van der Waals surface area contributed by atoms with Gasteiger partial charge in [-0.25, -0.2) is 4.98 Å². The minimum atomic E-state index is 0.738. The Labute approximate surface area is 147 Å². The number of aromatic nitrogens is 3. The van der Waals surface area contributed by atoms with E-state index in [0.29, 0.717) is 0 Å². The van der Waals surface area contributed by atoms with Crippen molar-refractivity contribution in [3.63, 3.8) is 0 Å². The van der Waals surface area contributed by atoms with Crippen molar-refractivity contribution in [1.29, 1.82) is 0 Å². The van der Waals surface area contributed by atoms with Gasteiger partial charge in [-0.05, 0) is 50.1 Å².